The van der Waals surface area contributed by atoms with Crippen molar-refractivity contribution in [2.45, 2.75) is 13.3 Å². The van der Waals surface area contributed by atoms with Gasteiger partial charge in [0.2, 0.25) is 5.91 Å². The molecule has 0 spiro atoms. The van der Waals surface area contributed by atoms with Gasteiger partial charge in [-0.3, -0.25) is 9.59 Å². The Morgan fingerprint density at radius 1 is 1.29 bits per heavy atom. The second-order valence-electron chi connectivity index (χ2n) is 4.18. The highest BCUT2D eigenvalue weighted by Gasteiger charge is 2.24. The molecule has 1 atom stereocenters. The van der Waals surface area contributed by atoms with Gasteiger partial charge in [0, 0.05) is 30.7 Å². The van der Waals surface area contributed by atoms with E-state index in [2.05, 4.69) is 5.32 Å². The smallest absolute Gasteiger partial charge is 0.221 e. The van der Waals surface area contributed by atoms with E-state index in [1.54, 1.807) is 24.3 Å². The lowest BCUT2D eigenvalue weighted by Gasteiger charge is -2.07. The van der Waals surface area contributed by atoms with Crippen LogP contribution in [-0.2, 0) is 9.53 Å². The molecule has 1 N–H and O–H groups in total. The highest BCUT2D eigenvalue weighted by atomic mass is 16.5. The molecule has 1 aliphatic rings. The van der Waals surface area contributed by atoms with Crippen molar-refractivity contribution in [3.63, 3.8) is 0 Å². The van der Waals surface area contributed by atoms with Gasteiger partial charge in [0.1, 0.15) is 0 Å². The lowest BCUT2D eigenvalue weighted by Crippen LogP contribution is -2.14. The van der Waals surface area contributed by atoms with E-state index in [1.165, 1.54) is 6.92 Å². The Bertz CT molecular complexity index is 419. The van der Waals surface area contributed by atoms with Crippen molar-refractivity contribution in [1.82, 2.24) is 0 Å². The Hall–Kier alpha value is -1.68. The SMILES string of the molecule is CC(=O)Nc1ccc(C(=O)C2CCOC2)cc1. The molecule has 0 bridgehead atoms. The number of anilines is 1. The number of rotatable bonds is 3. The molecule has 1 amide bonds. The lowest BCUT2D eigenvalue weighted by molar-refractivity contribution is -0.114. The standard InChI is InChI=1S/C13H15NO3/c1-9(15)14-12-4-2-10(3-5-12)13(16)11-6-7-17-8-11/h2-5,11H,6-8H2,1H3,(H,14,15). The number of benzene rings is 1. The number of hydrogen-bond acceptors (Lipinski definition) is 3. The summed E-state index contributed by atoms with van der Waals surface area (Å²) in [7, 11) is 0. The number of ether oxygens (including phenoxy) is 1. The van der Waals surface area contributed by atoms with Gasteiger partial charge in [-0.15, -0.1) is 0 Å². The normalized spacial score (nSPS) is 19.0. The fraction of sp³-hybridized carbons (Fsp3) is 0.385. The van der Waals surface area contributed by atoms with Crippen LogP contribution in [0.5, 0.6) is 0 Å². The first kappa shape index (κ1) is 11.8. The first-order valence-electron chi connectivity index (χ1n) is 5.66. The molecule has 1 heterocycles. The van der Waals surface area contributed by atoms with E-state index in [4.69, 9.17) is 4.74 Å². The molecule has 0 radical (unpaired) electrons. The molecule has 4 heteroatoms. The first-order chi connectivity index (χ1) is 8.16. The van der Waals surface area contributed by atoms with Gasteiger partial charge in [0.15, 0.2) is 5.78 Å². The van der Waals surface area contributed by atoms with Gasteiger partial charge in [0.05, 0.1) is 6.61 Å². The van der Waals surface area contributed by atoms with E-state index < -0.39 is 0 Å². The van der Waals surface area contributed by atoms with Gasteiger partial charge in [-0.05, 0) is 30.7 Å². The molecule has 1 unspecified atom stereocenters. The fourth-order valence-corrected chi connectivity index (χ4v) is 1.90. The molecule has 1 fully saturated rings. The minimum Gasteiger partial charge on any atom is -0.381 e. The van der Waals surface area contributed by atoms with E-state index in [0.29, 0.717) is 24.5 Å². The van der Waals surface area contributed by atoms with Crippen molar-refractivity contribution in [1.29, 1.82) is 0 Å². The summed E-state index contributed by atoms with van der Waals surface area (Å²) in [6, 6.07) is 6.97. The Morgan fingerprint density at radius 2 is 2.00 bits per heavy atom. The third-order valence-electron chi connectivity index (χ3n) is 2.79. The van der Waals surface area contributed by atoms with Crippen LogP contribution in [0.4, 0.5) is 5.69 Å². The fourth-order valence-electron chi connectivity index (χ4n) is 1.90. The van der Waals surface area contributed by atoms with Crippen LogP contribution >= 0.6 is 0 Å². The van der Waals surface area contributed by atoms with E-state index >= 15 is 0 Å². The molecule has 4 nitrogen and oxygen atoms in total. The molecule has 1 saturated heterocycles. The predicted molar refractivity (Wildman–Crippen MR) is 64.0 cm³/mol. The molecule has 2 rings (SSSR count). The van der Waals surface area contributed by atoms with Crippen molar-refractivity contribution >= 4 is 17.4 Å². The lowest BCUT2D eigenvalue weighted by atomic mass is 9.97. The topological polar surface area (TPSA) is 55.4 Å². The Balaban J connectivity index is 2.06. The quantitative estimate of drug-likeness (QED) is 0.811. The van der Waals surface area contributed by atoms with E-state index in [1.807, 2.05) is 0 Å². The summed E-state index contributed by atoms with van der Waals surface area (Å²) < 4.78 is 5.20. The zero-order valence-corrected chi connectivity index (χ0v) is 9.73. The number of nitrogens with one attached hydrogen (secondary N) is 1. The van der Waals surface area contributed by atoms with Gasteiger partial charge < -0.3 is 10.1 Å². The maximum absolute atomic E-state index is 12.0. The van der Waals surface area contributed by atoms with Gasteiger partial charge >= 0.3 is 0 Å². The average molecular weight is 233 g/mol. The molecule has 17 heavy (non-hydrogen) atoms. The van der Waals surface area contributed by atoms with E-state index in [0.717, 1.165) is 6.42 Å². The van der Waals surface area contributed by atoms with Crippen LogP contribution in [0.1, 0.15) is 23.7 Å². The van der Waals surface area contributed by atoms with Gasteiger partial charge in [-0.2, -0.15) is 0 Å². The Labute approximate surface area is 100.0 Å². The van der Waals surface area contributed by atoms with Crippen LogP contribution in [0.25, 0.3) is 0 Å². The molecule has 1 aromatic rings. The zero-order chi connectivity index (χ0) is 12.3. The van der Waals surface area contributed by atoms with Gasteiger partial charge in [-0.1, -0.05) is 0 Å². The summed E-state index contributed by atoms with van der Waals surface area (Å²) in [4.78, 5) is 22.9. The van der Waals surface area contributed by atoms with Gasteiger partial charge in [-0.25, -0.2) is 0 Å². The summed E-state index contributed by atoms with van der Waals surface area (Å²) in [5.41, 5.74) is 1.38. The summed E-state index contributed by atoms with van der Waals surface area (Å²) in [5.74, 6) is -0.00763. The number of amides is 1. The van der Waals surface area contributed by atoms with Crippen LogP contribution < -0.4 is 5.32 Å². The van der Waals surface area contributed by atoms with Crippen LogP contribution in [0.2, 0.25) is 0 Å². The second-order valence-corrected chi connectivity index (χ2v) is 4.18. The van der Waals surface area contributed by atoms with Crippen LogP contribution in [-0.4, -0.2) is 24.9 Å². The molecule has 0 saturated carbocycles. The predicted octanol–water partition coefficient (Wildman–Crippen LogP) is 1.86. The molecule has 0 aromatic heterocycles. The molecule has 90 valence electrons. The van der Waals surface area contributed by atoms with Crippen molar-refractivity contribution < 1.29 is 14.3 Å². The summed E-state index contributed by atoms with van der Waals surface area (Å²) in [6.45, 7) is 2.64. The zero-order valence-electron chi connectivity index (χ0n) is 9.73. The van der Waals surface area contributed by atoms with Gasteiger partial charge in [0.25, 0.3) is 0 Å². The van der Waals surface area contributed by atoms with Crippen LogP contribution in [0, 0.1) is 5.92 Å². The largest absolute Gasteiger partial charge is 0.381 e. The minimum atomic E-state index is -0.117. The maximum atomic E-state index is 12.0. The van der Waals surface area contributed by atoms with Crippen molar-refractivity contribution in [2.75, 3.05) is 18.5 Å². The van der Waals surface area contributed by atoms with E-state index in [-0.39, 0.29) is 17.6 Å². The van der Waals surface area contributed by atoms with Crippen molar-refractivity contribution in [3.8, 4) is 0 Å². The second kappa shape index (κ2) is 5.10. The van der Waals surface area contributed by atoms with Crippen LogP contribution in [0.3, 0.4) is 0 Å². The monoisotopic (exact) mass is 233 g/mol. The number of carbonyl (C=O) groups is 2. The molecule has 1 aliphatic heterocycles. The third-order valence-corrected chi connectivity index (χ3v) is 2.79. The van der Waals surface area contributed by atoms with Crippen LogP contribution in [0.15, 0.2) is 24.3 Å². The molecular weight excluding hydrogens is 218 g/mol. The van der Waals surface area contributed by atoms with Crippen molar-refractivity contribution in [3.05, 3.63) is 29.8 Å². The van der Waals surface area contributed by atoms with E-state index in [9.17, 15) is 9.59 Å². The maximum Gasteiger partial charge on any atom is 0.221 e. The highest BCUT2D eigenvalue weighted by Crippen LogP contribution is 2.19. The molecular formula is C13H15NO3. The molecule has 1 aromatic carbocycles. The summed E-state index contributed by atoms with van der Waals surface area (Å²) in [6.07, 6.45) is 0.798. The number of ketones is 1. The minimum absolute atomic E-state index is 0.0124. The Kier molecular flexibility index (Phi) is 3.54. The average Bonchev–Trinajstić information content (AvgIpc) is 2.82. The summed E-state index contributed by atoms with van der Waals surface area (Å²) in [5, 5.41) is 2.67. The number of hydrogen-bond donors (Lipinski definition) is 1. The summed E-state index contributed by atoms with van der Waals surface area (Å²) >= 11 is 0. The Morgan fingerprint density at radius 3 is 2.53 bits per heavy atom. The first-order valence-corrected chi connectivity index (χ1v) is 5.66. The number of carbonyl (C=O) groups excluding carboxylic acids is 2. The van der Waals surface area contributed by atoms with Crippen molar-refractivity contribution in [2.24, 2.45) is 5.92 Å². The molecule has 0 aliphatic carbocycles. The number of Topliss-reactive ketones (excluding diaryl/α,β-unsaturated/α-hetero) is 1. The third kappa shape index (κ3) is 2.91. The highest BCUT2D eigenvalue weighted by molar-refractivity contribution is 5.98.